The molecule has 2 unspecified atom stereocenters. The first-order valence-corrected chi connectivity index (χ1v) is 11.2. The summed E-state index contributed by atoms with van der Waals surface area (Å²) in [5, 5.41) is 19.1. The van der Waals surface area contributed by atoms with Gasteiger partial charge in [-0.25, -0.2) is 28.5 Å². The zero-order valence-corrected chi connectivity index (χ0v) is 18.3. The summed E-state index contributed by atoms with van der Waals surface area (Å²) in [6, 6.07) is 2.15. The Kier molecular flexibility index (Phi) is 6.60. The zero-order valence-electron chi connectivity index (χ0n) is 17.4. The molecule has 1 saturated carbocycles. The van der Waals surface area contributed by atoms with Crippen molar-refractivity contribution in [2.45, 2.75) is 38.1 Å². The minimum atomic E-state index is -2.79. The van der Waals surface area contributed by atoms with E-state index in [0.717, 1.165) is 18.9 Å². The third kappa shape index (κ3) is 4.55. The summed E-state index contributed by atoms with van der Waals surface area (Å²) in [5.41, 5.74) is 0.840. The lowest BCUT2D eigenvalue weighted by molar-refractivity contribution is -0.131. The molecule has 172 valence electrons. The minimum Gasteiger partial charge on any atom is -0.364 e. The number of aromatic nitrogens is 4. The van der Waals surface area contributed by atoms with Gasteiger partial charge in [-0.3, -0.25) is 4.18 Å². The molecule has 4 rings (SSSR count). The van der Waals surface area contributed by atoms with Gasteiger partial charge in [0, 0.05) is 35.0 Å². The van der Waals surface area contributed by atoms with Gasteiger partial charge < -0.3 is 10.6 Å². The maximum absolute atomic E-state index is 14.7. The van der Waals surface area contributed by atoms with Gasteiger partial charge in [0.2, 0.25) is 5.75 Å². The number of rotatable bonds is 10. The van der Waals surface area contributed by atoms with Crippen LogP contribution >= 0.6 is 0 Å². The van der Waals surface area contributed by atoms with E-state index in [0.29, 0.717) is 18.7 Å². The van der Waals surface area contributed by atoms with Crippen LogP contribution in [0.3, 0.4) is 0 Å². The number of halogens is 2. The number of imidazole rings is 1. The summed E-state index contributed by atoms with van der Waals surface area (Å²) in [4.78, 5) is 8.39. The van der Waals surface area contributed by atoms with E-state index in [1.54, 1.807) is 7.05 Å². The van der Waals surface area contributed by atoms with Crippen molar-refractivity contribution < 1.29 is 26.8 Å². The molecule has 0 aliphatic heterocycles. The van der Waals surface area contributed by atoms with E-state index in [9.17, 15) is 13.0 Å². The maximum atomic E-state index is 14.7. The van der Waals surface area contributed by atoms with Crippen LogP contribution in [0.2, 0.25) is 0 Å². The number of likely N-dealkylation sites (N-methyl/N-ethyl adjacent to an activating group) is 1. The average molecular weight is 469 g/mol. The molecule has 1 fully saturated rings. The number of fused-ring (bicyclic) bond motifs is 1. The van der Waals surface area contributed by atoms with E-state index in [2.05, 4.69) is 30.0 Å². The van der Waals surface area contributed by atoms with Gasteiger partial charge in [0.05, 0.1) is 6.20 Å². The predicted molar refractivity (Wildman–Crippen MR) is 114 cm³/mol. The first-order chi connectivity index (χ1) is 15.4. The number of anilines is 1. The molecule has 1 aliphatic rings. The molecule has 13 heteroatoms. The SMILES string of the molecule is CCC(CNC)Nc1nc(-c2cnc3cc(O[SH+](=O)OO)c(C4CC4)nn23)c(F)cc1F. The van der Waals surface area contributed by atoms with Crippen LogP contribution in [0.4, 0.5) is 14.6 Å². The van der Waals surface area contributed by atoms with Crippen LogP contribution in [-0.2, 0) is 19.9 Å². The summed E-state index contributed by atoms with van der Waals surface area (Å²) in [6.07, 6.45) is 3.76. The lowest BCUT2D eigenvalue weighted by Crippen LogP contribution is -2.31. The minimum absolute atomic E-state index is 0.0573. The molecule has 0 saturated heterocycles. The van der Waals surface area contributed by atoms with Crippen molar-refractivity contribution in [3.05, 3.63) is 35.7 Å². The molecule has 0 radical (unpaired) electrons. The van der Waals surface area contributed by atoms with Crippen LogP contribution in [-0.4, -0.2) is 44.5 Å². The Balaban J connectivity index is 1.77. The quantitative estimate of drug-likeness (QED) is 0.178. The van der Waals surface area contributed by atoms with Crippen LogP contribution in [0.25, 0.3) is 17.0 Å². The first kappa shape index (κ1) is 22.5. The second-order valence-electron chi connectivity index (χ2n) is 7.43. The van der Waals surface area contributed by atoms with Gasteiger partial charge in [0.15, 0.2) is 23.1 Å². The molecule has 0 bridgehead atoms. The third-order valence-corrected chi connectivity index (χ3v) is 5.62. The fraction of sp³-hybridized carbons (Fsp3) is 0.421. The Morgan fingerprint density at radius 1 is 1.34 bits per heavy atom. The van der Waals surface area contributed by atoms with Gasteiger partial charge in [0.1, 0.15) is 17.1 Å². The summed E-state index contributed by atoms with van der Waals surface area (Å²) >= 11 is -2.79. The molecular formula is C19H23F2N6O4S+. The largest absolute Gasteiger partial charge is 0.416 e. The third-order valence-electron chi connectivity index (χ3n) is 5.14. The molecule has 0 spiro atoms. The topological polar surface area (TPSA) is 123 Å². The van der Waals surface area contributed by atoms with Crippen molar-refractivity contribution in [1.29, 1.82) is 0 Å². The van der Waals surface area contributed by atoms with Crippen molar-refractivity contribution >= 4 is 22.8 Å². The van der Waals surface area contributed by atoms with Gasteiger partial charge in [-0.15, -0.1) is 0 Å². The van der Waals surface area contributed by atoms with E-state index in [1.807, 2.05) is 6.92 Å². The van der Waals surface area contributed by atoms with E-state index >= 15 is 0 Å². The van der Waals surface area contributed by atoms with Crippen molar-refractivity contribution in [2.75, 3.05) is 18.9 Å². The molecule has 10 nitrogen and oxygen atoms in total. The van der Waals surface area contributed by atoms with Gasteiger partial charge >= 0.3 is 11.4 Å². The van der Waals surface area contributed by atoms with Crippen molar-refractivity contribution in [3.8, 4) is 17.1 Å². The van der Waals surface area contributed by atoms with E-state index in [-0.39, 0.29) is 40.6 Å². The molecule has 0 aromatic carbocycles. The van der Waals surface area contributed by atoms with Crippen LogP contribution in [0.5, 0.6) is 5.75 Å². The first-order valence-electron chi connectivity index (χ1n) is 10.1. The predicted octanol–water partition coefficient (Wildman–Crippen LogP) is 2.75. The second-order valence-corrected chi connectivity index (χ2v) is 8.23. The highest BCUT2D eigenvalue weighted by molar-refractivity contribution is 7.75. The zero-order chi connectivity index (χ0) is 22.8. The van der Waals surface area contributed by atoms with Gasteiger partial charge in [0.25, 0.3) is 0 Å². The molecule has 0 amide bonds. The highest BCUT2D eigenvalue weighted by Crippen LogP contribution is 2.43. The fourth-order valence-electron chi connectivity index (χ4n) is 3.37. The summed E-state index contributed by atoms with van der Waals surface area (Å²) < 4.78 is 50.9. The van der Waals surface area contributed by atoms with Crippen molar-refractivity contribution in [1.82, 2.24) is 24.9 Å². The van der Waals surface area contributed by atoms with Crippen LogP contribution in [0.15, 0.2) is 18.3 Å². The number of pyridine rings is 1. The lowest BCUT2D eigenvalue weighted by Gasteiger charge is -2.18. The molecule has 3 N–H and O–H groups in total. The number of thiol groups is 1. The van der Waals surface area contributed by atoms with Gasteiger partial charge in [-0.1, -0.05) is 6.92 Å². The maximum Gasteiger partial charge on any atom is 0.416 e. The monoisotopic (exact) mass is 469 g/mol. The number of nitrogens with zero attached hydrogens (tertiary/aromatic N) is 4. The standard InChI is InChI=1S/C19H22F2N6O4S/c1-3-11(8-22-2)24-19-13(21)6-12(20)18(25-19)14-9-23-16-7-15(30-32(29)31-28)17(10-4-5-10)26-27(14)16/h6-7,9-11,22,28H,3-5,8H2,1-2H3,(H,24,25)/p+1. The fourth-order valence-corrected chi connectivity index (χ4v) is 3.71. The molecule has 3 heterocycles. The highest BCUT2D eigenvalue weighted by Gasteiger charge is 2.32. The number of hydrogen-bond donors (Lipinski definition) is 3. The highest BCUT2D eigenvalue weighted by atomic mass is 32.2. The Bertz CT molecular complexity index is 1160. The Labute approximate surface area is 184 Å². The average Bonchev–Trinajstić information content (AvgIpc) is 3.54. The molecular weight excluding hydrogens is 446 g/mol. The van der Waals surface area contributed by atoms with Crippen molar-refractivity contribution in [2.24, 2.45) is 0 Å². The molecule has 2 atom stereocenters. The van der Waals surface area contributed by atoms with Crippen LogP contribution in [0, 0.1) is 11.6 Å². The molecule has 3 aromatic heterocycles. The van der Waals surface area contributed by atoms with Gasteiger partial charge in [-0.2, -0.15) is 5.10 Å². The Hall–Kier alpha value is -2.74. The Morgan fingerprint density at radius 2 is 2.12 bits per heavy atom. The molecule has 32 heavy (non-hydrogen) atoms. The van der Waals surface area contributed by atoms with Crippen LogP contribution < -0.4 is 14.8 Å². The van der Waals surface area contributed by atoms with E-state index in [4.69, 9.17) is 9.44 Å². The lowest BCUT2D eigenvalue weighted by atomic mass is 10.2. The Morgan fingerprint density at radius 3 is 2.78 bits per heavy atom. The van der Waals surface area contributed by atoms with E-state index in [1.165, 1.54) is 16.8 Å². The smallest absolute Gasteiger partial charge is 0.364 e. The number of nitrogens with one attached hydrogen (secondary N) is 2. The summed E-state index contributed by atoms with van der Waals surface area (Å²) in [7, 11) is 1.78. The van der Waals surface area contributed by atoms with E-state index < -0.39 is 23.0 Å². The van der Waals surface area contributed by atoms with Crippen LogP contribution in [0.1, 0.15) is 37.8 Å². The summed E-state index contributed by atoms with van der Waals surface area (Å²) in [5.74, 6) is -1.52. The van der Waals surface area contributed by atoms with Crippen molar-refractivity contribution in [3.63, 3.8) is 0 Å². The normalized spacial score (nSPS) is 15.7. The second kappa shape index (κ2) is 9.40. The summed E-state index contributed by atoms with van der Waals surface area (Å²) in [6.45, 7) is 2.52. The molecule has 3 aromatic rings. The van der Waals surface area contributed by atoms with Gasteiger partial charge in [-0.05, 0) is 30.5 Å². The molecule has 1 aliphatic carbocycles. The number of hydrogen-bond acceptors (Lipinski definition) is 9.